The van der Waals surface area contributed by atoms with Gasteiger partial charge in [0.15, 0.2) is 4.80 Å². The molecular formula is C25H23N3O4S2. The van der Waals surface area contributed by atoms with Crippen LogP contribution in [0.4, 0.5) is 5.69 Å². The van der Waals surface area contributed by atoms with Crippen molar-refractivity contribution in [1.29, 1.82) is 0 Å². The quantitative estimate of drug-likeness (QED) is 0.376. The van der Waals surface area contributed by atoms with E-state index in [0.29, 0.717) is 22.6 Å². The SMILES string of the molecule is C=CCn1c(=NC(=O)c2ccc(NS(=O)(=O)c3ccc(C)cc3)cc2)sc2cc(OC)ccc21. The Morgan fingerprint density at radius 1 is 1.12 bits per heavy atom. The number of methoxy groups -OCH3 is 1. The maximum absolute atomic E-state index is 12.9. The van der Waals surface area contributed by atoms with Crippen LogP contribution in [0.1, 0.15) is 15.9 Å². The van der Waals surface area contributed by atoms with Crippen LogP contribution in [0.5, 0.6) is 5.75 Å². The molecule has 174 valence electrons. The molecule has 0 spiro atoms. The van der Waals surface area contributed by atoms with Gasteiger partial charge in [-0.25, -0.2) is 8.42 Å². The third-order valence-corrected chi connectivity index (χ3v) is 7.55. The molecule has 0 bridgehead atoms. The van der Waals surface area contributed by atoms with Gasteiger partial charge in [-0.15, -0.1) is 6.58 Å². The Hall–Kier alpha value is -3.69. The summed E-state index contributed by atoms with van der Waals surface area (Å²) in [4.78, 5) is 17.9. The predicted octanol–water partition coefficient (Wildman–Crippen LogP) is 4.75. The highest BCUT2D eigenvalue weighted by Crippen LogP contribution is 2.23. The minimum Gasteiger partial charge on any atom is -0.497 e. The summed E-state index contributed by atoms with van der Waals surface area (Å²) in [5.41, 5.74) is 2.60. The smallest absolute Gasteiger partial charge is 0.279 e. The van der Waals surface area contributed by atoms with E-state index in [4.69, 9.17) is 4.74 Å². The lowest BCUT2D eigenvalue weighted by Crippen LogP contribution is -2.16. The van der Waals surface area contributed by atoms with E-state index in [0.717, 1.165) is 21.5 Å². The van der Waals surface area contributed by atoms with Gasteiger partial charge in [-0.3, -0.25) is 9.52 Å². The van der Waals surface area contributed by atoms with Crippen molar-refractivity contribution in [3.8, 4) is 5.75 Å². The van der Waals surface area contributed by atoms with Crippen LogP contribution in [0.3, 0.4) is 0 Å². The molecule has 1 amide bonds. The fourth-order valence-corrected chi connectivity index (χ4v) is 5.46. The first-order valence-corrected chi connectivity index (χ1v) is 12.7. The number of amides is 1. The number of ether oxygens (including phenoxy) is 1. The minimum atomic E-state index is -3.72. The highest BCUT2D eigenvalue weighted by atomic mass is 32.2. The summed E-state index contributed by atoms with van der Waals surface area (Å²) in [7, 11) is -2.12. The number of benzene rings is 3. The van der Waals surface area contributed by atoms with Crippen molar-refractivity contribution in [3.63, 3.8) is 0 Å². The molecule has 4 rings (SSSR count). The predicted molar refractivity (Wildman–Crippen MR) is 135 cm³/mol. The molecule has 34 heavy (non-hydrogen) atoms. The molecule has 0 saturated carbocycles. The molecule has 0 fully saturated rings. The van der Waals surface area contributed by atoms with Gasteiger partial charge in [0.05, 0.1) is 22.2 Å². The molecular weight excluding hydrogens is 470 g/mol. The number of carbonyl (C=O) groups excluding carboxylic acids is 1. The highest BCUT2D eigenvalue weighted by molar-refractivity contribution is 7.92. The molecule has 0 atom stereocenters. The number of nitrogens with zero attached hydrogens (tertiary/aromatic N) is 2. The molecule has 0 saturated heterocycles. The number of anilines is 1. The van der Waals surface area contributed by atoms with Gasteiger partial charge in [0.1, 0.15) is 5.75 Å². The lowest BCUT2D eigenvalue weighted by Gasteiger charge is -2.08. The number of carbonyl (C=O) groups is 1. The van der Waals surface area contributed by atoms with Crippen molar-refractivity contribution in [2.45, 2.75) is 18.4 Å². The lowest BCUT2D eigenvalue weighted by molar-refractivity contribution is 0.0998. The van der Waals surface area contributed by atoms with E-state index < -0.39 is 15.9 Å². The normalized spacial score (nSPS) is 12.0. The number of aromatic nitrogens is 1. The van der Waals surface area contributed by atoms with Gasteiger partial charge in [0, 0.05) is 17.8 Å². The number of nitrogens with one attached hydrogen (secondary N) is 1. The Labute approximate surface area is 201 Å². The third-order valence-electron chi connectivity index (χ3n) is 5.11. The third kappa shape index (κ3) is 4.95. The highest BCUT2D eigenvalue weighted by Gasteiger charge is 2.15. The van der Waals surface area contributed by atoms with E-state index in [1.165, 1.54) is 11.3 Å². The van der Waals surface area contributed by atoms with E-state index in [1.807, 2.05) is 29.7 Å². The van der Waals surface area contributed by atoms with Crippen LogP contribution >= 0.6 is 11.3 Å². The van der Waals surface area contributed by atoms with E-state index in [9.17, 15) is 13.2 Å². The van der Waals surface area contributed by atoms with Crippen LogP contribution in [-0.4, -0.2) is 26.0 Å². The molecule has 0 aliphatic rings. The first kappa shape index (κ1) is 23.5. The summed E-state index contributed by atoms with van der Waals surface area (Å²) in [6.45, 7) is 6.18. The Morgan fingerprint density at radius 3 is 2.47 bits per heavy atom. The summed E-state index contributed by atoms with van der Waals surface area (Å²) in [6.07, 6.45) is 1.74. The van der Waals surface area contributed by atoms with Gasteiger partial charge < -0.3 is 9.30 Å². The zero-order valence-electron chi connectivity index (χ0n) is 18.7. The number of aryl methyl sites for hydroxylation is 1. The van der Waals surface area contributed by atoms with Crippen LogP contribution < -0.4 is 14.3 Å². The fourth-order valence-electron chi connectivity index (χ4n) is 3.34. The molecule has 7 nitrogen and oxygen atoms in total. The summed E-state index contributed by atoms with van der Waals surface area (Å²) in [5.74, 6) is 0.297. The molecule has 4 aromatic rings. The Kier molecular flexibility index (Phi) is 6.67. The number of thiazole rings is 1. The largest absolute Gasteiger partial charge is 0.497 e. The summed E-state index contributed by atoms with van der Waals surface area (Å²) >= 11 is 1.38. The van der Waals surface area contributed by atoms with Crippen molar-refractivity contribution in [2.75, 3.05) is 11.8 Å². The van der Waals surface area contributed by atoms with Crippen molar-refractivity contribution in [2.24, 2.45) is 4.99 Å². The zero-order chi connectivity index (χ0) is 24.3. The van der Waals surface area contributed by atoms with Gasteiger partial charge >= 0.3 is 0 Å². The number of rotatable bonds is 7. The zero-order valence-corrected chi connectivity index (χ0v) is 20.3. The van der Waals surface area contributed by atoms with E-state index in [2.05, 4.69) is 16.3 Å². The molecule has 0 aliphatic carbocycles. The maximum Gasteiger partial charge on any atom is 0.279 e. The second-order valence-electron chi connectivity index (χ2n) is 7.53. The van der Waals surface area contributed by atoms with Crippen LogP contribution in [0.15, 0.2) is 89.3 Å². The summed E-state index contributed by atoms with van der Waals surface area (Å²) in [6, 6.07) is 18.4. The molecule has 0 radical (unpaired) electrons. The maximum atomic E-state index is 12.9. The van der Waals surface area contributed by atoms with E-state index in [1.54, 1.807) is 61.7 Å². The Balaban J connectivity index is 1.60. The van der Waals surface area contributed by atoms with Gasteiger partial charge in [-0.05, 0) is 61.5 Å². The van der Waals surface area contributed by atoms with Crippen LogP contribution in [0.2, 0.25) is 0 Å². The second kappa shape index (κ2) is 9.66. The van der Waals surface area contributed by atoms with E-state index >= 15 is 0 Å². The summed E-state index contributed by atoms with van der Waals surface area (Å²) in [5, 5.41) is 0. The van der Waals surface area contributed by atoms with Crippen molar-refractivity contribution >= 4 is 43.2 Å². The average molecular weight is 494 g/mol. The van der Waals surface area contributed by atoms with Crippen LogP contribution in [0, 0.1) is 6.92 Å². The van der Waals surface area contributed by atoms with Crippen LogP contribution in [-0.2, 0) is 16.6 Å². The topological polar surface area (TPSA) is 89.8 Å². The second-order valence-corrected chi connectivity index (χ2v) is 10.2. The molecule has 1 aromatic heterocycles. The van der Waals surface area contributed by atoms with Crippen molar-refractivity contribution in [3.05, 3.63) is 95.3 Å². The monoisotopic (exact) mass is 493 g/mol. The number of hydrogen-bond acceptors (Lipinski definition) is 5. The Morgan fingerprint density at radius 2 is 1.82 bits per heavy atom. The van der Waals surface area contributed by atoms with Gasteiger partial charge in [0.2, 0.25) is 0 Å². The van der Waals surface area contributed by atoms with Gasteiger partial charge in [0.25, 0.3) is 15.9 Å². The average Bonchev–Trinajstić information content (AvgIpc) is 3.15. The standard InChI is InChI=1S/C25H23N3O4S2/c1-4-15-28-22-14-11-20(32-3)16-23(22)33-25(28)26-24(29)18-7-9-19(10-8-18)27-34(30,31)21-12-5-17(2)6-13-21/h4-14,16,27H,1,15H2,2-3H3. The fraction of sp³-hybridized carbons (Fsp3) is 0.120. The molecule has 3 aromatic carbocycles. The molecule has 0 aliphatic heterocycles. The number of hydrogen-bond donors (Lipinski definition) is 1. The molecule has 1 heterocycles. The first-order chi connectivity index (χ1) is 16.3. The number of allylic oxidation sites excluding steroid dienone is 1. The van der Waals surface area contributed by atoms with Crippen LogP contribution in [0.25, 0.3) is 10.2 Å². The molecule has 9 heteroatoms. The molecule has 0 unspecified atom stereocenters. The van der Waals surface area contributed by atoms with Crippen molar-refractivity contribution in [1.82, 2.24) is 4.57 Å². The minimum absolute atomic E-state index is 0.168. The lowest BCUT2D eigenvalue weighted by atomic mass is 10.2. The van der Waals surface area contributed by atoms with Crippen molar-refractivity contribution < 1.29 is 17.9 Å². The van der Waals surface area contributed by atoms with E-state index in [-0.39, 0.29) is 4.90 Å². The molecule has 1 N–H and O–H groups in total. The van der Waals surface area contributed by atoms with Gasteiger partial charge in [-0.2, -0.15) is 4.99 Å². The van der Waals surface area contributed by atoms with Gasteiger partial charge in [-0.1, -0.05) is 35.1 Å². The number of sulfonamides is 1. The summed E-state index contributed by atoms with van der Waals surface area (Å²) < 4.78 is 35.8. The number of fused-ring (bicyclic) bond motifs is 1. The Bertz CT molecular complexity index is 1530. The first-order valence-electron chi connectivity index (χ1n) is 10.4.